The molecule has 1 heterocycles. The van der Waals surface area contributed by atoms with E-state index < -0.39 is 0 Å². The Kier molecular flexibility index (Phi) is 5.58. The number of benzene rings is 1. The molecule has 1 aromatic carbocycles. The fourth-order valence-electron chi connectivity index (χ4n) is 2.50. The van der Waals surface area contributed by atoms with E-state index in [1.165, 1.54) is 11.1 Å². The van der Waals surface area contributed by atoms with Gasteiger partial charge in [-0.1, -0.05) is 42.0 Å². The first-order valence-corrected chi connectivity index (χ1v) is 6.92. The fourth-order valence-corrected chi connectivity index (χ4v) is 2.50. The molecule has 104 valence electrons. The zero-order valence-corrected chi connectivity index (χ0v) is 11.6. The number of nitrogens with zero attached hydrogens (tertiary/aromatic N) is 1. The number of rotatable bonds is 5. The van der Waals surface area contributed by atoms with Gasteiger partial charge in [-0.05, 0) is 18.4 Å². The Morgan fingerprint density at radius 1 is 1.26 bits per heavy atom. The second kappa shape index (κ2) is 7.43. The largest absolute Gasteiger partial charge is 0.389 e. The maximum atomic E-state index is 9.72. The van der Waals surface area contributed by atoms with Crippen LogP contribution in [0.2, 0.25) is 0 Å². The van der Waals surface area contributed by atoms with Gasteiger partial charge in [-0.3, -0.25) is 0 Å². The summed E-state index contributed by atoms with van der Waals surface area (Å²) in [6, 6.07) is 10.5. The molecule has 0 aromatic heterocycles. The van der Waals surface area contributed by atoms with Crippen molar-refractivity contribution in [3.8, 4) is 0 Å². The highest BCUT2D eigenvalue weighted by atomic mass is 16.5. The van der Waals surface area contributed by atoms with Gasteiger partial charge in [0.25, 0.3) is 0 Å². The summed E-state index contributed by atoms with van der Waals surface area (Å²) < 4.78 is 4.96. The number of piperidine rings is 1. The van der Waals surface area contributed by atoms with Gasteiger partial charge in [0.15, 0.2) is 0 Å². The minimum Gasteiger partial charge on any atom is -0.389 e. The number of aliphatic hydroxyl groups is 1. The van der Waals surface area contributed by atoms with Crippen LogP contribution < -0.4 is 0 Å². The van der Waals surface area contributed by atoms with Crippen LogP contribution in [0.5, 0.6) is 0 Å². The summed E-state index contributed by atoms with van der Waals surface area (Å²) in [4.78, 5) is 2.31. The fraction of sp³-hybridized carbons (Fsp3) is 0.500. The van der Waals surface area contributed by atoms with E-state index in [0.29, 0.717) is 13.2 Å². The highest BCUT2D eigenvalue weighted by molar-refractivity contribution is 5.52. The van der Waals surface area contributed by atoms with Crippen molar-refractivity contribution >= 4 is 6.08 Å². The van der Waals surface area contributed by atoms with Crippen LogP contribution in [0, 0.1) is 0 Å². The summed E-state index contributed by atoms with van der Waals surface area (Å²) in [5.41, 5.74) is 2.79. The molecule has 1 aromatic rings. The number of likely N-dealkylation sites (tertiary alicyclic amines) is 1. The molecule has 1 saturated heterocycles. The van der Waals surface area contributed by atoms with Crippen LogP contribution in [0.1, 0.15) is 18.4 Å². The van der Waals surface area contributed by atoms with E-state index in [1.54, 1.807) is 7.11 Å². The summed E-state index contributed by atoms with van der Waals surface area (Å²) in [7, 11) is 1.63. The molecule has 0 saturated carbocycles. The molecule has 0 spiro atoms. The Labute approximate surface area is 115 Å². The predicted molar refractivity (Wildman–Crippen MR) is 78.0 cm³/mol. The predicted octanol–water partition coefficient (Wildman–Crippen LogP) is 2.17. The Morgan fingerprint density at radius 2 is 1.95 bits per heavy atom. The van der Waals surface area contributed by atoms with Gasteiger partial charge < -0.3 is 14.7 Å². The van der Waals surface area contributed by atoms with Gasteiger partial charge in [0, 0.05) is 26.7 Å². The molecule has 1 fully saturated rings. The summed E-state index contributed by atoms with van der Waals surface area (Å²) in [5, 5.41) is 9.72. The zero-order valence-electron chi connectivity index (χ0n) is 11.6. The second-order valence-electron chi connectivity index (χ2n) is 5.12. The number of hydrogen-bond acceptors (Lipinski definition) is 3. The molecule has 0 aliphatic carbocycles. The van der Waals surface area contributed by atoms with Crippen molar-refractivity contribution in [2.75, 3.05) is 33.4 Å². The van der Waals surface area contributed by atoms with Crippen molar-refractivity contribution < 1.29 is 9.84 Å². The van der Waals surface area contributed by atoms with Crippen LogP contribution in [-0.2, 0) is 4.74 Å². The molecule has 0 radical (unpaired) electrons. The van der Waals surface area contributed by atoms with E-state index in [4.69, 9.17) is 4.74 Å². The third kappa shape index (κ3) is 4.78. The van der Waals surface area contributed by atoms with Crippen LogP contribution >= 0.6 is 0 Å². The summed E-state index contributed by atoms with van der Waals surface area (Å²) >= 11 is 0. The van der Waals surface area contributed by atoms with Gasteiger partial charge in [-0.15, -0.1) is 0 Å². The lowest BCUT2D eigenvalue weighted by molar-refractivity contribution is 0.0360. The smallest absolute Gasteiger partial charge is 0.0900 e. The van der Waals surface area contributed by atoms with E-state index in [0.717, 1.165) is 25.9 Å². The van der Waals surface area contributed by atoms with Gasteiger partial charge in [0.1, 0.15) is 0 Å². The molecule has 1 aliphatic rings. The lowest BCUT2D eigenvalue weighted by Gasteiger charge is -2.29. The monoisotopic (exact) mass is 261 g/mol. The van der Waals surface area contributed by atoms with Crippen LogP contribution in [0.25, 0.3) is 6.08 Å². The maximum Gasteiger partial charge on any atom is 0.0900 e. The number of hydrogen-bond donors (Lipinski definition) is 1. The lowest BCUT2D eigenvalue weighted by Crippen LogP contribution is -2.38. The van der Waals surface area contributed by atoms with E-state index in [-0.39, 0.29) is 6.10 Å². The van der Waals surface area contributed by atoms with Gasteiger partial charge >= 0.3 is 0 Å². The average Bonchev–Trinajstić information content (AvgIpc) is 2.42. The Bertz CT molecular complexity index is 392. The topological polar surface area (TPSA) is 32.7 Å². The lowest BCUT2D eigenvalue weighted by atomic mass is 10.0. The van der Waals surface area contributed by atoms with Crippen molar-refractivity contribution in [3.63, 3.8) is 0 Å². The van der Waals surface area contributed by atoms with Crippen molar-refractivity contribution in [1.29, 1.82) is 0 Å². The highest BCUT2D eigenvalue weighted by Gasteiger charge is 2.16. The van der Waals surface area contributed by atoms with Gasteiger partial charge in [-0.2, -0.15) is 0 Å². The van der Waals surface area contributed by atoms with Crippen LogP contribution in [0.4, 0.5) is 0 Å². The van der Waals surface area contributed by atoms with Crippen molar-refractivity contribution in [1.82, 2.24) is 4.90 Å². The van der Waals surface area contributed by atoms with E-state index in [1.807, 2.05) is 6.07 Å². The Morgan fingerprint density at radius 3 is 2.58 bits per heavy atom. The van der Waals surface area contributed by atoms with E-state index >= 15 is 0 Å². The molecule has 0 amide bonds. The van der Waals surface area contributed by atoms with Crippen molar-refractivity contribution in [2.24, 2.45) is 0 Å². The summed E-state index contributed by atoms with van der Waals surface area (Å²) in [6.45, 7) is 3.19. The number of aliphatic hydroxyl groups excluding tert-OH is 1. The van der Waals surface area contributed by atoms with Gasteiger partial charge in [-0.25, -0.2) is 0 Å². The van der Waals surface area contributed by atoms with Crippen molar-refractivity contribution in [3.05, 3.63) is 41.5 Å². The Balaban J connectivity index is 1.81. The molecule has 0 unspecified atom stereocenters. The third-order valence-electron chi connectivity index (χ3n) is 3.50. The molecular weight excluding hydrogens is 238 g/mol. The molecule has 19 heavy (non-hydrogen) atoms. The second-order valence-corrected chi connectivity index (χ2v) is 5.12. The molecule has 3 nitrogen and oxygen atoms in total. The SMILES string of the molecule is COC[C@@H](O)CN1CCC(=Cc2ccccc2)CC1. The number of ether oxygens (including phenoxy) is 1. The zero-order chi connectivity index (χ0) is 13.5. The molecule has 2 rings (SSSR count). The molecule has 0 bridgehead atoms. The standard InChI is InChI=1S/C16H23NO2/c1-19-13-16(18)12-17-9-7-15(8-10-17)11-14-5-3-2-4-6-14/h2-6,11,16,18H,7-10,12-13H2,1H3/t16-/m0/s1. The summed E-state index contributed by atoms with van der Waals surface area (Å²) in [5.74, 6) is 0. The van der Waals surface area contributed by atoms with E-state index in [2.05, 4.69) is 35.2 Å². The van der Waals surface area contributed by atoms with Crippen LogP contribution in [0.3, 0.4) is 0 Å². The van der Waals surface area contributed by atoms with Crippen molar-refractivity contribution in [2.45, 2.75) is 18.9 Å². The number of β-amino-alcohol motifs (C(OH)–C–C–N with tert-alkyl or cyclic N) is 1. The molecular formula is C16H23NO2. The third-order valence-corrected chi connectivity index (χ3v) is 3.50. The highest BCUT2D eigenvalue weighted by Crippen LogP contribution is 2.19. The number of methoxy groups -OCH3 is 1. The van der Waals surface area contributed by atoms with Gasteiger partial charge in [0.05, 0.1) is 12.7 Å². The normalized spacial score (nSPS) is 18.3. The first-order valence-electron chi connectivity index (χ1n) is 6.92. The molecule has 3 heteroatoms. The molecule has 1 aliphatic heterocycles. The minimum absolute atomic E-state index is 0.371. The summed E-state index contributed by atoms with van der Waals surface area (Å²) in [6.07, 6.45) is 4.11. The molecule has 1 N–H and O–H groups in total. The molecule has 1 atom stereocenters. The van der Waals surface area contributed by atoms with Crippen LogP contribution in [-0.4, -0.2) is 49.5 Å². The van der Waals surface area contributed by atoms with E-state index in [9.17, 15) is 5.11 Å². The first-order chi connectivity index (χ1) is 9.28. The van der Waals surface area contributed by atoms with Gasteiger partial charge in [0.2, 0.25) is 0 Å². The minimum atomic E-state index is -0.371. The quantitative estimate of drug-likeness (QED) is 0.882. The van der Waals surface area contributed by atoms with Crippen LogP contribution in [0.15, 0.2) is 35.9 Å². The Hall–Kier alpha value is -1.16. The average molecular weight is 261 g/mol. The first kappa shape index (κ1) is 14.3. The maximum absolute atomic E-state index is 9.72.